The first-order valence-electron chi connectivity index (χ1n) is 5.94. The van der Waals surface area contributed by atoms with Crippen LogP contribution >= 0.6 is 11.3 Å². The number of aromatic nitrogens is 1. The van der Waals surface area contributed by atoms with Gasteiger partial charge >= 0.3 is 0 Å². The van der Waals surface area contributed by atoms with Gasteiger partial charge in [0.05, 0.1) is 12.1 Å². The first-order valence-corrected chi connectivity index (χ1v) is 6.82. The van der Waals surface area contributed by atoms with Crippen LogP contribution in [0.25, 0.3) is 22.0 Å². The highest BCUT2D eigenvalue weighted by Gasteiger charge is 2.12. The molecular weight excluding hydrogens is 242 g/mol. The molecule has 0 saturated carbocycles. The molecule has 3 heteroatoms. The van der Waals surface area contributed by atoms with Crippen molar-refractivity contribution in [1.82, 2.24) is 4.98 Å². The molecule has 0 fully saturated rings. The van der Waals surface area contributed by atoms with E-state index in [0.29, 0.717) is 6.61 Å². The van der Waals surface area contributed by atoms with E-state index in [0.717, 1.165) is 16.3 Å². The minimum Gasteiger partial charge on any atom is -0.483 e. The Morgan fingerprint density at radius 1 is 1.11 bits per heavy atom. The third-order valence-electron chi connectivity index (χ3n) is 2.86. The second-order valence-corrected chi connectivity index (χ2v) is 4.77. The van der Waals surface area contributed by atoms with Crippen LogP contribution in [0.3, 0.4) is 0 Å². The Hall–Kier alpha value is -1.87. The molecule has 0 aliphatic carbocycles. The average molecular weight is 255 g/mol. The fraction of sp³-hybridized carbons (Fsp3) is 0.133. The lowest BCUT2D eigenvalue weighted by Gasteiger charge is -2.06. The van der Waals surface area contributed by atoms with E-state index in [9.17, 15) is 0 Å². The Morgan fingerprint density at radius 3 is 2.83 bits per heavy atom. The van der Waals surface area contributed by atoms with Crippen LogP contribution in [0.4, 0.5) is 0 Å². The van der Waals surface area contributed by atoms with Gasteiger partial charge in [0.1, 0.15) is 5.69 Å². The standard InChI is InChI=1S/C15H13NOS/c1-2-17-15-14(16-10-18-15)13-9-5-7-11-6-3-4-8-12(11)13/h3-10H,2H2,1H3. The quantitative estimate of drug-likeness (QED) is 0.693. The van der Waals surface area contributed by atoms with Crippen LogP contribution in [0.15, 0.2) is 48.0 Å². The van der Waals surface area contributed by atoms with Gasteiger partial charge in [-0.3, -0.25) is 0 Å². The summed E-state index contributed by atoms with van der Waals surface area (Å²) in [4.78, 5) is 4.45. The molecule has 1 heterocycles. The zero-order valence-corrected chi connectivity index (χ0v) is 10.9. The van der Waals surface area contributed by atoms with E-state index in [2.05, 4.69) is 47.4 Å². The molecular formula is C15H13NOS. The Kier molecular flexibility index (Phi) is 2.99. The van der Waals surface area contributed by atoms with E-state index in [1.807, 2.05) is 12.4 Å². The molecule has 0 atom stereocenters. The first kappa shape index (κ1) is 11.2. The molecule has 3 rings (SSSR count). The van der Waals surface area contributed by atoms with Crippen LogP contribution in [0.5, 0.6) is 5.06 Å². The molecule has 2 nitrogen and oxygen atoms in total. The number of thiazole rings is 1. The van der Waals surface area contributed by atoms with Gasteiger partial charge in [0.15, 0.2) is 0 Å². The number of nitrogens with zero attached hydrogens (tertiary/aromatic N) is 1. The summed E-state index contributed by atoms with van der Waals surface area (Å²) in [7, 11) is 0. The van der Waals surface area contributed by atoms with Gasteiger partial charge in [-0.15, -0.1) is 0 Å². The van der Waals surface area contributed by atoms with Gasteiger partial charge < -0.3 is 4.74 Å². The molecule has 0 amide bonds. The Bertz CT molecular complexity index is 670. The number of benzene rings is 2. The van der Waals surface area contributed by atoms with E-state index in [1.54, 1.807) is 11.3 Å². The van der Waals surface area contributed by atoms with Gasteiger partial charge in [0.2, 0.25) is 5.06 Å². The maximum Gasteiger partial charge on any atom is 0.202 e. The molecule has 0 unspecified atom stereocenters. The normalized spacial score (nSPS) is 10.7. The lowest BCUT2D eigenvalue weighted by molar-refractivity contribution is 0.351. The smallest absolute Gasteiger partial charge is 0.202 e. The van der Waals surface area contributed by atoms with Crippen LogP contribution in [0.2, 0.25) is 0 Å². The topological polar surface area (TPSA) is 22.1 Å². The summed E-state index contributed by atoms with van der Waals surface area (Å²) in [6, 6.07) is 14.6. The molecule has 90 valence electrons. The summed E-state index contributed by atoms with van der Waals surface area (Å²) in [5, 5.41) is 3.34. The van der Waals surface area contributed by atoms with Crippen LogP contribution in [0.1, 0.15) is 6.92 Å². The summed E-state index contributed by atoms with van der Waals surface area (Å²) in [6.45, 7) is 2.66. The van der Waals surface area contributed by atoms with E-state index in [-0.39, 0.29) is 0 Å². The fourth-order valence-electron chi connectivity index (χ4n) is 2.08. The van der Waals surface area contributed by atoms with Crippen LogP contribution in [-0.2, 0) is 0 Å². The van der Waals surface area contributed by atoms with E-state index in [1.165, 1.54) is 10.8 Å². The molecule has 1 aromatic heterocycles. The molecule has 3 aromatic rings. The molecule has 0 saturated heterocycles. The number of hydrogen-bond acceptors (Lipinski definition) is 3. The predicted octanol–water partition coefficient (Wildman–Crippen LogP) is 4.36. The fourth-order valence-corrected chi connectivity index (χ4v) is 2.79. The second kappa shape index (κ2) is 4.78. The molecule has 0 bridgehead atoms. The van der Waals surface area contributed by atoms with Crippen molar-refractivity contribution in [3.8, 4) is 16.3 Å². The van der Waals surface area contributed by atoms with E-state index < -0.39 is 0 Å². The monoisotopic (exact) mass is 255 g/mol. The second-order valence-electron chi connectivity index (χ2n) is 3.95. The lowest BCUT2D eigenvalue weighted by atomic mass is 10.0. The molecule has 0 aliphatic heterocycles. The Balaban J connectivity index is 2.22. The highest BCUT2D eigenvalue weighted by molar-refractivity contribution is 7.12. The summed E-state index contributed by atoms with van der Waals surface area (Å²) >= 11 is 1.54. The van der Waals surface area contributed by atoms with Crippen molar-refractivity contribution >= 4 is 22.1 Å². The van der Waals surface area contributed by atoms with Crippen LogP contribution in [0, 0.1) is 0 Å². The molecule has 2 aromatic carbocycles. The zero-order valence-electron chi connectivity index (χ0n) is 10.1. The van der Waals surface area contributed by atoms with E-state index in [4.69, 9.17) is 4.74 Å². The molecule has 0 spiro atoms. The minimum absolute atomic E-state index is 0.667. The van der Waals surface area contributed by atoms with Gasteiger partial charge in [0.25, 0.3) is 0 Å². The van der Waals surface area contributed by atoms with Crippen molar-refractivity contribution in [3.63, 3.8) is 0 Å². The van der Waals surface area contributed by atoms with Crippen molar-refractivity contribution < 1.29 is 4.74 Å². The summed E-state index contributed by atoms with van der Waals surface area (Å²) in [5.74, 6) is 0. The van der Waals surface area contributed by atoms with Crippen molar-refractivity contribution in [2.45, 2.75) is 6.92 Å². The number of fused-ring (bicyclic) bond motifs is 1. The first-order chi connectivity index (χ1) is 8.90. The van der Waals surface area contributed by atoms with Gasteiger partial charge in [-0.1, -0.05) is 53.8 Å². The van der Waals surface area contributed by atoms with Crippen LogP contribution in [-0.4, -0.2) is 11.6 Å². The molecule has 18 heavy (non-hydrogen) atoms. The zero-order chi connectivity index (χ0) is 12.4. The highest BCUT2D eigenvalue weighted by Crippen LogP contribution is 2.36. The lowest BCUT2D eigenvalue weighted by Crippen LogP contribution is -1.91. The summed E-state index contributed by atoms with van der Waals surface area (Å²) in [5.41, 5.74) is 3.92. The number of ether oxygens (including phenoxy) is 1. The van der Waals surface area contributed by atoms with Crippen LogP contribution < -0.4 is 4.74 Å². The SMILES string of the molecule is CCOc1scnc1-c1cccc2ccccc12. The van der Waals surface area contributed by atoms with Crippen molar-refractivity contribution in [2.24, 2.45) is 0 Å². The van der Waals surface area contributed by atoms with Gasteiger partial charge in [0, 0.05) is 5.56 Å². The van der Waals surface area contributed by atoms with Gasteiger partial charge in [-0.2, -0.15) is 0 Å². The highest BCUT2D eigenvalue weighted by atomic mass is 32.1. The maximum atomic E-state index is 5.64. The summed E-state index contributed by atoms with van der Waals surface area (Å²) in [6.07, 6.45) is 0. The largest absolute Gasteiger partial charge is 0.483 e. The van der Waals surface area contributed by atoms with Crippen molar-refractivity contribution in [3.05, 3.63) is 48.0 Å². The van der Waals surface area contributed by atoms with Gasteiger partial charge in [-0.05, 0) is 17.7 Å². The van der Waals surface area contributed by atoms with Crippen molar-refractivity contribution in [2.75, 3.05) is 6.61 Å². The molecule has 0 N–H and O–H groups in total. The third kappa shape index (κ3) is 1.87. The summed E-state index contributed by atoms with van der Waals surface area (Å²) < 4.78 is 5.64. The Morgan fingerprint density at radius 2 is 1.94 bits per heavy atom. The predicted molar refractivity (Wildman–Crippen MR) is 76.2 cm³/mol. The molecule has 0 radical (unpaired) electrons. The number of hydrogen-bond donors (Lipinski definition) is 0. The van der Waals surface area contributed by atoms with Crippen molar-refractivity contribution in [1.29, 1.82) is 0 Å². The van der Waals surface area contributed by atoms with E-state index >= 15 is 0 Å². The minimum atomic E-state index is 0.667. The third-order valence-corrected chi connectivity index (χ3v) is 3.59. The molecule has 0 aliphatic rings. The number of rotatable bonds is 3. The Labute approximate surface area is 110 Å². The van der Waals surface area contributed by atoms with Gasteiger partial charge in [-0.25, -0.2) is 4.98 Å². The maximum absolute atomic E-state index is 5.64. The average Bonchev–Trinajstić information content (AvgIpc) is 2.87.